The molecule has 0 aromatic rings. The molecular formula is C10H16. The molecule has 0 aromatic carbocycles. The highest BCUT2D eigenvalue weighted by atomic mass is 14.0. The molecule has 1 rings (SSSR count). The predicted octanol–water partition coefficient (Wildman–Crippen LogP) is 3.16. The van der Waals surface area contributed by atoms with E-state index in [0.29, 0.717) is 0 Å². The average Bonchev–Trinajstić information content (AvgIpc) is 1.84. The Morgan fingerprint density at radius 2 is 1.30 bits per heavy atom. The zero-order chi connectivity index (χ0) is 7.40. The van der Waals surface area contributed by atoms with Gasteiger partial charge in [-0.2, -0.15) is 0 Å². The number of rotatable bonds is 0. The van der Waals surface area contributed by atoms with E-state index in [1.807, 2.05) is 0 Å². The first-order valence-corrected chi connectivity index (χ1v) is 4.12. The van der Waals surface area contributed by atoms with Crippen molar-refractivity contribution < 1.29 is 0 Å². The molecule has 0 heteroatoms. The maximum absolute atomic E-state index is 2.32. The molecule has 0 amide bonds. The summed E-state index contributed by atoms with van der Waals surface area (Å²) in [6.07, 6.45) is 11.7. The normalized spacial score (nSPS) is 33.4. The first-order valence-electron chi connectivity index (χ1n) is 4.12. The minimum atomic E-state index is 0.740. The fraction of sp³-hybridized carbons (Fsp3) is 0.600. The van der Waals surface area contributed by atoms with Crippen LogP contribution in [-0.4, -0.2) is 0 Å². The Morgan fingerprint density at radius 3 is 1.70 bits per heavy atom. The van der Waals surface area contributed by atoms with Gasteiger partial charge in [0.2, 0.25) is 0 Å². The van der Waals surface area contributed by atoms with E-state index in [4.69, 9.17) is 0 Å². The van der Waals surface area contributed by atoms with Crippen LogP contribution in [0.2, 0.25) is 0 Å². The molecular weight excluding hydrogens is 120 g/mol. The molecule has 2 atom stereocenters. The van der Waals surface area contributed by atoms with Crippen LogP contribution in [0.15, 0.2) is 24.3 Å². The Bertz CT molecular complexity index is 124. The number of allylic oxidation sites excluding steroid dienone is 4. The Labute approximate surface area is 63.6 Å². The standard InChI is InChI=1S/C10H16/c1-9-5-3-7-10(2)8-4-6-9/h3-5,8-10H,6-7H2,1-2H3. The third kappa shape index (κ3) is 2.38. The second kappa shape index (κ2) is 3.60. The highest BCUT2D eigenvalue weighted by Gasteiger charge is 1.99. The molecule has 0 radical (unpaired) electrons. The molecule has 10 heavy (non-hydrogen) atoms. The van der Waals surface area contributed by atoms with E-state index in [0.717, 1.165) is 11.8 Å². The van der Waals surface area contributed by atoms with Gasteiger partial charge in [0, 0.05) is 0 Å². The monoisotopic (exact) mass is 136 g/mol. The van der Waals surface area contributed by atoms with E-state index in [2.05, 4.69) is 38.2 Å². The molecule has 0 bridgehead atoms. The Kier molecular flexibility index (Phi) is 2.73. The minimum Gasteiger partial charge on any atom is -0.0877 e. The fourth-order valence-corrected chi connectivity index (χ4v) is 1.21. The average molecular weight is 136 g/mol. The van der Waals surface area contributed by atoms with E-state index in [-0.39, 0.29) is 0 Å². The lowest BCUT2D eigenvalue weighted by Gasteiger charge is -2.08. The van der Waals surface area contributed by atoms with Crippen LogP contribution < -0.4 is 0 Å². The molecule has 0 fully saturated rings. The van der Waals surface area contributed by atoms with E-state index in [9.17, 15) is 0 Å². The summed E-state index contributed by atoms with van der Waals surface area (Å²) in [5, 5.41) is 0. The van der Waals surface area contributed by atoms with Crippen LogP contribution in [0.1, 0.15) is 26.7 Å². The topological polar surface area (TPSA) is 0 Å². The SMILES string of the molecule is CC1C=CCC(C)C=CC1. The largest absolute Gasteiger partial charge is 0.0877 e. The maximum Gasteiger partial charge on any atom is -0.0227 e. The van der Waals surface area contributed by atoms with Crippen molar-refractivity contribution in [1.29, 1.82) is 0 Å². The maximum atomic E-state index is 2.32. The number of hydrogen-bond acceptors (Lipinski definition) is 0. The first kappa shape index (κ1) is 7.59. The van der Waals surface area contributed by atoms with E-state index < -0.39 is 0 Å². The smallest absolute Gasteiger partial charge is 0.0227 e. The van der Waals surface area contributed by atoms with E-state index in [1.165, 1.54) is 12.8 Å². The molecule has 0 saturated carbocycles. The molecule has 1 aliphatic carbocycles. The first-order chi connectivity index (χ1) is 4.79. The van der Waals surface area contributed by atoms with Crippen molar-refractivity contribution in [1.82, 2.24) is 0 Å². The minimum absolute atomic E-state index is 0.740. The fourth-order valence-electron chi connectivity index (χ4n) is 1.21. The van der Waals surface area contributed by atoms with Crippen molar-refractivity contribution in [3.63, 3.8) is 0 Å². The van der Waals surface area contributed by atoms with Crippen LogP contribution in [0, 0.1) is 11.8 Å². The van der Waals surface area contributed by atoms with Gasteiger partial charge in [-0.3, -0.25) is 0 Å². The molecule has 56 valence electrons. The van der Waals surface area contributed by atoms with Crippen LogP contribution >= 0.6 is 0 Å². The molecule has 1 aliphatic rings. The van der Waals surface area contributed by atoms with Gasteiger partial charge in [-0.25, -0.2) is 0 Å². The van der Waals surface area contributed by atoms with Crippen molar-refractivity contribution in [2.45, 2.75) is 26.7 Å². The van der Waals surface area contributed by atoms with Crippen molar-refractivity contribution in [2.24, 2.45) is 11.8 Å². The summed E-state index contributed by atoms with van der Waals surface area (Å²) in [4.78, 5) is 0. The highest BCUT2D eigenvalue weighted by Crippen LogP contribution is 2.13. The van der Waals surface area contributed by atoms with Gasteiger partial charge >= 0.3 is 0 Å². The second-order valence-electron chi connectivity index (χ2n) is 3.28. The lowest BCUT2D eigenvalue weighted by molar-refractivity contribution is 0.681. The van der Waals surface area contributed by atoms with Crippen molar-refractivity contribution in [3.05, 3.63) is 24.3 Å². The van der Waals surface area contributed by atoms with Crippen LogP contribution in [0.25, 0.3) is 0 Å². The zero-order valence-electron chi connectivity index (χ0n) is 6.88. The second-order valence-corrected chi connectivity index (χ2v) is 3.28. The summed E-state index contributed by atoms with van der Waals surface area (Å²) in [6, 6.07) is 0. The quantitative estimate of drug-likeness (QED) is 0.449. The molecule has 0 aliphatic heterocycles. The lowest BCUT2D eigenvalue weighted by Crippen LogP contribution is -1.93. The number of hydrogen-bond donors (Lipinski definition) is 0. The van der Waals surface area contributed by atoms with Gasteiger partial charge in [0.1, 0.15) is 0 Å². The molecule has 0 N–H and O–H groups in total. The summed E-state index contributed by atoms with van der Waals surface area (Å²) in [7, 11) is 0. The van der Waals surface area contributed by atoms with Gasteiger partial charge in [-0.05, 0) is 24.7 Å². The van der Waals surface area contributed by atoms with E-state index in [1.54, 1.807) is 0 Å². The van der Waals surface area contributed by atoms with Crippen molar-refractivity contribution >= 4 is 0 Å². The molecule has 2 unspecified atom stereocenters. The summed E-state index contributed by atoms with van der Waals surface area (Å²) < 4.78 is 0. The molecule has 0 heterocycles. The lowest BCUT2D eigenvalue weighted by atomic mass is 9.98. The third-order valence-electron chi connectivity index (χ3n) is 1.94. The Balaban J connectivity index is 2.48. The molecule has 0 saturated heterocycles. The van der Waals surface area contributed by atoms with Gasteiger partial charge in [0.05, 0.1) is 0 Å². The summed E-state index contributed by atoms with van der Waals surface area (Å²) in [6.45, 7) is 4.52. The highest BCUT2D eigenvalue weighted by molar-refractivity contribution is 4.99. The third-order valence-corrected chi connectivity index (χ3v) is 1.94. The van der Waals surface area contributed by atoms with Gasteiger partial charge < -0.3 is 0 Å². The Morgan fingerprint density at radius 1 is 0.900 bits per heavy atom. The molecule has 0 spiro atoms. The molecule has 0 nitrogen and oxygen atoms in total. The summed E-state index contributed by atoms with van der Waals surface area (Å²) in [5.41, 5.74) is 0. The van der Waals surface area contributed by atoms with Gasteiger partial charge in [0.25, 0.3) is 0 Å². The van der Waals surface area contributed by atoms with Gasteiger partial charge in [-0.15, -0.1) is 0 Å². The van der Waals surface area contributed by atoms with Crippen LogP contribution in [0.5, 0.6) is 0 Å². The van der Waals surface area contributed by atoms with Gasteiger partial charge in [-0.1, -0.05) is 38.2 Å². The van der Waals surface area contributed by atoms with E-state index >= 15 is 0 Å². The zero-order valence-corrected chi connectivity index (χ0v) is 6.88. The van der Waals surface area contributed by atoms with Crippen LogP contribution in [0.3, 0.4) is 0 Å². The van der Waals surface area contributed by atoms with Crippen molar-refractivity contribution in [2.75, 3.05) is 0 Å². The predicted molar refractivity (Wildman–Crippen MR) is 45.8 cm³/mol. The summed E-state index contributed by atoms with van der Waals surface area (Å²) in [5.74, 6) is 1.48. The molecule has 0 aromatic heterocycles. The Hall–Kier alpha value is -0.520. The van der Waals surface area contributed by atoms with Gasteiger partial charge in [0.15, 0.2) is 0 Å². The van der Waals surface area contributed by atoms with Crippen molar-refractivity contribution in [3.8, 4) is 0 Å². The van der Waals surface area contributed by atoms with Crippen LogP contribution in [-0.2, 0) is 0 Å². The van der Waals surface area contributed by atoms with Crippen LogP contribution in [0.4, 0.5) is 0 Å². The summed E-state index contributed by atoms with van der Waals surface area (Å²) >= 11 is 0.